The van der Waals surface area contributed by atoms with Crippen molar-refractivity contribution in [3.8, 4) is 35.2 Å². The molecule has 0 radical (unpaired) electrons. The highest BCUT2D eigenvalue weighted by molar-refractivity contribution is 5.98. The molecule has 35 heavy (non-hydrogen) atoms. The van der Waals surface area contributed by atoms with E-state index < -0.39 is 23.0 Å². The lowest BCUT2D eigenvalue weighted by molar-refractivity contribution is 0.0525. The van der Waals surface area contributed by atoms with Crippen molar-refractivity contribution in [2.45, 2.75) is 20.8 Å². The van der Waals surface area contributed by atoms with Crippen molar-refractivity contribution >= 4 is 16.9 Å². The molecule has 0 spiro atoms. The van der Waals surface area contributed by atoms with Gasteiger partial charge in [0.15, 0.2) is 11.6 Å². The van der Waals surface area contributed by atoms with Crippen molar-refractivity contribution in [1.82, 2.24) is 9.97 Å². The van der Waals surface area contributed by atoms with Gasteiger partial charge in [0.25, 0.3) is 0 Å². The highest BCUT2D eigenvalue weighted by atomic mass is 19.2. The number of benzene rings is 2. The van der Waals surface area contributed by atoms with E-state index in [0.29, 0.717) is 16.6 Å². The molecule has 2 aromatic carbocycles. The molecular formula is C27H20F2N2O4. The molecule has 0 bridgehead atoms. The Morgan fingerprint density at radius 3 is 2.63 bits per heavy atom. The average Bonchev–Trinajstić information content (AvgIpc) is 2.84. The lowest BCUT2D eigenvalue weighted by Gasteiger charge is -2.16. The van der Waals surface area contributed by atoms with Crippen LogP contribution in [0.5, 0.6) is 11.6 Å². The van der Waals surface area contributed by atoms with Gasteiger partial charge in [0.05, 0.1) is 28.9 Å². The second kappa shape index (κ2) is 9.39. The van der Waals surface area contributed by atoms with E-state index in [-0.39, 0.29) is 46.2 Å². The topological polar surface area (TPSA) is 81.3 Å². The third kappa shape index (κ3) is 4.24. The number of nitrogens with zero attached hydrogens (tertiary/aromatic N) is 1. The van der Waals surface area contributed by atoms with Gasteiger partial charge in [-0.3, -0.25) is 4.79 Å². The summed E-state index contributed by atoms with van der Waals surface area (Å²) in [6, 6.07) is 11.0. The number of H-pyrrole nitrogens is 1. The van der Waals surface area contributed by atoms with Gasteiger partial charge in [-0.25, -0.2) is 18.6 Å². The van der Waals surface area contributed by atoms with E-state index in [9.17, 15) is 18.4 Å². The lowest BCUT2D eigenvalue weighted by atomic mass is 10.0. The lowest BCUT2D eigenvalue weighted by Crippen LogP contribution is -2.23. The van der Waals surface area contributed by atoms with Crippen LogP contribution in [0.2, 0.25) is 0 Å². The van der Waals surface area contributed by atoms with Gasteiger partial charge in [-0.05, 0) is 45.0 Å². The Hall–Kier alpha value is -4.51. The molecule has 0 aliphatic rings. The number of para-hydroxylation sites is 1. The summed E-state index contributed by atoms with van der Waals surface area (Å²) in [5.41, 5.74) is 0.147. The molecule has 0 aliphatic heterocycles. The monoisotopic (exact) mass is 474 g/mol. The number of aromatic nitrogens is 2. The molecule has 4 aromatic rings. The van der Waals surface area contributed by atoms with Crippen molar-refractivity contribution in [3.05, 3.63) is 86.7 Å². The van der Waals surface area contributed by atoms with E-state index in [1.807, 2.05) is 0 Å². The van der Waals surface area contributed by atoms with E-state index in [1.165, 1.54) is 13.0 Å². The minimum atomic E-state index is -1.06. The summed E-state index contributed by atoms with van der Waals surface area (Å²) in [5.74, 6) is -0.655. The van der Waals surface area contributed by atoms with Crippen LogP contribution in [0.4, 0.5) is 8.78 Å². The molecule has 1 N–H and O–H groups in total. The molecular weight excluding hydrogens is 454 g/mol. The average molecular weight is 474 g/mol. The van der Waals surface area contributed by atoms with Gasteiger partial charge in [-0.1, -0.05) is 24.1 Å². The van der Waals surface area contributed by atoms with Crippen LogP contribution in [0.25, 0.3) is 22.2 Å². The van der Waals surface area contributed by atoms with Gasteiger partial charge in [-0.2, -0.15) is 0 Å². The normalized spacial score (nSPS) is 10.7. The summed E-state index contributed by atoms with van der Waals surface area (Å²) < 4.78 is 38.9. The molecule has 0 saturated carbocycles. The van der Waals surface area contributed by atoms with Crippen molar-refractivity contribution in [2.75, 3.05) is 6.61 Å². The third-order valence-corrected chi connectivity index (χ3v) is 5.47. The quantitative estimate of drug-likeness (QED) is 0.308. The molecule has 0 aliphatic carbocycles. The number of aryl methyl sites for hydroxylation is 1. The Morgan fingerprint density at radius 2 is 1.91 bits per heavy atom. The van der Waals surface area contributed by atoms with Gasteiger partial charge < -0.3 is 14.5 Å². The fraction of sp³-hybridized carbons (Fsp3) is 0.148. The maximum absolute atomic E-state index is 14.2. The summed E-state index contributed by atoms with van der Waals surface area (Å²) in [6.07, 6.45) is 5.51. The number of hydrogen-bond donors (Lipinski definition) is 1. The van der Waals surface area contributed by atoms with Crippen LogP contribution in [-0.4, -0.2) is 22.5 Å². The van der Waals surface area contributed by atoms with E-state index in [2.05, 4.69) is 15.9 Å². The van der Waals surface area contributed by atoms with Gasteiger partial charge in [0.2, 0.25) is 11.3 Å². The molecule has 2 aromatic heterocycles. The number of fused-ring (bicyclic) bond motifs is 1. The van der Waals surface area contributed by atoms with Crippen LogP contribution in [0, 0.1) is 37.8 Å². The van der Waals surface area contributed by atoms with Crippen LogP contribution < -0.4 is 10.2 Å². The Labute approximate surface area is 199 Å². The second-order valence-corrected chi connectivity index (χ2v) is 7.69. The van der Waals surface area contributed by atoms with Crippen molar-refractivity contribution in [2.24, 2.45) is 0 Å². The van der Waals surface area contributed by atoms with E-state index in [4.69, 9.17) is 15.9 Å². The maximum Gasteiger partial charge on any atom is 0.344 e. The van der Waals surface area contributed by atoms with Crippen LogP contribution in [-0.2, 0) is 4.74 Å². The number of pyridine rings is 2. The number of nitrogens with one attached hydrogen (secondary N) is 1. The molecule has 0 fully saturated rings. The number of halogens is 2. The zero-order chi connectivity index (χ0) is 25.3. The molecule has 176 valence electrons. The molecule has 0 amide bonds. The Kier molecular flexibility index (Phi) is 6.34. The number of hydrogen-bond acceptors (Lipinski definition) is 5. The van der Waals surface area contributed by atoms with Crippen LogP contribution in [0.15, 0.2) is 47.3 Å². The number of carbonyl (C=O) groups excluding carboxylic acids is 1. The first-order valence-electron chi connectivity index (χ1n) is 10.7. The minimum absolute atomic E-state index is 0.00975. The number of aromatic amines is 1. The highest BCUT2D eigenvalue weighted by Crippen LogP contribution is 2.37. The number of carbonyl (C=O) groups is 1. The van der Waals surface area contributed by atoms with E-state index >= 15 is 0 Å². The molecule has 6 nitrogen and oxygen atoms in total. The zero-order valence-electron chi connectivity index (χ0n) is 19.2. The van der Waals surface area contributed by atoms with Crippen LogP contribution in [0.3, 0.4) is 0 Å². The fourth-order valence-corrected chi connectivity index (χ4v) is 3.70. The molecule has 4 rings (SSSR count). The first-order chi connectivity index (χ1) is 16.8. The first kappa shape index (κ1) is 23.6. The maximum atomic E-state index is 14.2. The zero-order valence-corrected chi connectivity index (χ0v) is 19.2. The predicted octanol–water partition coefficient (Wildman–Crippen LogP) is 5.44. The molecule has 0 saturated heterocycles. The van der Waals surface area contributed by atoms with Crippen molar-refractivity contribution < 1.29 is 23.0 Å². The van der Waals surface area contributed by atoms with Gasteiger partial charge >= 0.3 is 5.97 Å². The third-order valence-electron chi connectivity index (χ3n) is 5.47. The molecule has 8 heteroatoms. The minimum Gasteiger partial charge on any atom is -0.462 e. The number of rotatable bonds is 5. The fourth-order valence-electron chi connectivity index (χ4n) is 3.70. The smallest absolute Gasteiger partial charge is 0.344 e. The largest absolute Gasteiger partial charge is 0.462 e. The Bertz CT molecular complexity index is 1590. The van der Waals surface area contributed by atoms with E-state index in [0.717, 1.165) is 6.07 Å². The Balaban J connectivity index is 2.05. The number of esters is 1. The molecule has 0 atom stereocenters. The number of ether oxygens (including phenoxy) is 2. The van der Waals surface area contributed by atoms with Crippen molar-refractivity contribution in [1.29, 1.82) is 0 Å². The summed E-state index contributed by atoms with van der Waals surface area (Å²) in [6.45, 7) is 4.61. The van der Waals surface area contributed by atoms with Crippen molar-refractivity contribution in [3.63, 3.8) is 0 Å². The van der Waals surface area contributed by atoms with Gasteiger partial charge in [0, 0.05) is 16.6 Å². The summed E-state index contributed by atoms with van der Waals surface area (Å²) >= 11 is 0. The van der Waals surface area contributed by atoms with Crippen LogP contribution >= 0.6 is 0 Å². The standard InChI is InChI=1S/C27H20F2N2O4/c1-5-17-15(4)30-24(22(25(17)32)27(33)34-6-2)18-13-16-9-7-8-10-20(16)31-26(18)35-21-12-11-19(28)23(29)14(21)3/h1,7-13H,6H2,2-4H3,(H,30,32). The molecule has 0 unspecified atom stereocenters. The van der Waals surface area contributed by atoms with E-state index in [1.54, 1.807) is 44.2 Å². The molecule has 2 heterocycles. The van der Waals surface area contributed by atoms with Crippen LogP contribution in [0.1, 0.15) is 34.1 Å². The van der Waals surface area contributed by atoms with Gasteiger partial charge in [-0.15, -0.1) is 6.42 Å². The highest BCUT2D eigenvalue weighted by Gasteiger charge is 2.26. The first-order valence-corrected chi connectivity index (χ1v) is 10.7. The predicted molar refractivity (Wildman–Crippen MR) is 128 cm³/mol. The summed E-state index contributed by atoms with van der Waals surface area (Å²) in [7, 11) is 0. The summed E-state index contributed by atoms with van der Waals surface area (Å²) in [4.78, 5) is 33.6. The SMILES string of the molecule is C#Cc1c(C)[nH]c(-c2cc3ccccc3nc2Oc2ccc(F)c(F)c2C)c(C(=O)OCC)c1=O. The van der Waals surface area contributed by atoms with Gasteiger partial charge in [0.1, 0.15) is 11.3 Å². The number of terminal acetylenes is 1. The second-order valence-electron chi connectivity index (χ2n) is 7.69. The Morgan fingerprint density at radius 1 is 1.17 bits per heavy atom. The summed E-state index contributed by atoms with van der Waals surface area (Å²) in [5, 5.41) is 0.686.